The van der Waals surface area contributed by atoms with Crippen molar-refractivity contribution >= 4 is 6.47 Å². The first-order valence-corrected chi connectivity index (χ1v) is 3.34. The van der Waals surface area contributed by atoms with E-state index >= 15 is 0 Å². The minimum atomic E-state index is -4.42. The molecule has 6 heteroatoms. The molecule has 1 rings (SSSR count). The number of aromatic amines is 1. The lowest BCUT2D eigenvalue weighted by atomic mass is 10.2. The molecule has 0 saturated carbocycles. The predicted molar refractivity (Wildman–Crippen MR) is 36.6 cm³/mol. The number of aromatic nitrogens is 1. The summed E-state index contributed by atoms with van der Waals surface area (Å²) < 4.78 is 40.6. The van der Waals surface area contributed by atoms with E-state index in [1.807, 2.05) is 0 Å². The van der Waals surface area contributed by atoms with Crippen LogP contribution in [-0.2, 0) is 22.3 Å². The van der Waals surface area contributed by atoms with Crippen molar-refractivity contribution in [1.29, 1.82) is 0 Å². The predicted octanol–water partition coefficient (Wildman–Crippen LogP) is 1.71. The molecule has 1 aromatic rings. The Hall–Kier alpha value is -1.46. The molecule has 0 aliphatic rings. The van der Waals surface area contributed by atoms with Crippen LogP contribution in [0.5, 0.6) is 0 Å². The van der Waals surface area contributed by atoms with Gasteiger partial charge in [-0.25, -0.2) is 0 Å². The minimum Gasteiger partial charge on any atom is -0.461 e. The lowest BCUT2D eigenvalue weighted by molar-refractivity contribution is -0.140. The standard InChI is InChI=1S/C7H6F3NO2/c8-7(9,10)5-1-2-11-6(5)3-13-4-12/h1-2,4,11H,3H2. The summed E-state index contributed by atoms with van der Waals surface area (Å²) in [6.45, 7) is -0.299. The maximum Gasteiger partial charge on any atom is 0.418 e. The van der Waals surface area contributed by atoms with Crippen LogP contribution in [0.25, 0.3) is 0 Å². The van der Waals surface area contributed by atoms with E-state index in [4.69, 9.17) is 0 Å². The second kappa shape index (κ2) is 3.51. The molecule has 1 aromatic heterocycles. The summed E-state index contributed by atoms with van der Waals surface area (Å²) in [5.74, 6) is 0. The van der Waals surface area contributed by atoms with Crippen molar-refractivity contribution in [3.05, 3.63) is 23.5 Å². The fourth-order valence-corrected chi connectivity index (χ4v) is 0.906. The van der Waals surface area contributed by atoms with Gasteiger partial charge in [-0.15, -0.1) is 0 Å². The van der Waals surface area contributed by atoms with Crippen LogP contribution in [0.1, 0.15) is 11.3 Å². The Kier molecular flexibility index (Phi) is 2.60. The van der Waals surface area contributed by atoms with Crippen LogP contribution >= 0.6 is 0 Å². The second-order valence-electron chi connectivity index (χ2n) is 2.27. The lowest BCUT2D eigenvalue weighted by Crippen LogP contribution is -2.08. The van der Waals surface area contributed by atoms with Gasteiger partial charge < -0.3 is 9.72 Å². The van der Waals surface area contributed by atoms with E-state index in [0.717, 1.165) is 12.3 Å². The zero-order valence-electron chi connectivity index (χ0n) is 6.39. The van der Waals surface area contributed by atoms with E-state index in [9.17, 15) is 18.0 Å². The van der Waals surface area contributed by atoms with Gasteiger partial charge in [0.05, 0.1) is 11.3 Å². The van der Waals surface area contributed by atoms with Crippen molar-refractivity contribution in [2.24, 2.45) is 0 Å². The number of halogens is 3. The normalized spacial score (nSPS) is 11.3. The highest BCUT2D eigenvalue weighted by Crippen LogP contribution is 2.31. The Bertz CT molecular complexity index is 292. The van der Waals surface area contributed by atoms with Gasteiger partial charge in [-0.05, 0) is 6.07 Å². The molecule has 0 fully saturated rings. The molecule has 3 nitrogen and oxygen atoms in total. The second-order valence-corrected chi connectivity index (χ2v) is 2.27. The van der Waals surface area contributed by atoms with Crippen LogP contribution in [0.15, 0.2) is 12.3 Å². The van der Waals surface area contributed by atoms with E-state index in [0.29, 0.717) is 0 Å². The van der Waals surface area contributed by atoms with Crippen LogP contribution in [0.2, 0.25) is 0 Å². The molecule has 0 aromatic carbocycles. The molecule has 0 aliphatic heterocycles. The summed E-state index contributed by atoms with van der Waals surface area (Å²) in [6.07, 6.45) is -3.27. The van der Waals surface area contributed by atoms with Crippen LogP contribution in [0.4, 0.5) is 13.2 Å². The van der Waals surface area contributed by atoms with Gasteiger partial charge in [0.25, 0.3) is 6.47 Å². The van der Waals surface area contributed by atoms with Crippen molar-refractivity contribution in [3.63, 3.8) is 0 Å². The molecule has 0 atom stereocenters. The molecule has 0 amide bonds. The molecule has 0 aliphatic carbocycles. The SMILES string of the molecule is O=COCc1[nH]ccc1C(F)(F)F. The fourth-order valence-electron chi connectivity index (χ4n) is 0.906. The molecule has 0 radical (unpaired) electrons. The Morgan fingerprint density at radius 2 is 2.23 bits per heavy atom. The first-order valence-electron chi connectivity index (χ1n) is 3.34. The van der Waals surface area contributed by atoms with Crippen molar-refractivity contribution in [2.75, 3.05) is 0 Å². The minimum absolute atomic E-state index is 0.0982. The number of ether oxygens (including phenoxy) is 1. The highest BCUT2D eigenvalue weighted by atomic mass is 19.4. The van der Waals surface area contributed by atoms with Crippen LogP contribution in [0.3, 0.4) is 0 Å². The Labute approximate surface area is 71.5 Å². The van der Waals surface area contributed by atoms with Gasteiger partial charge in [0.15, 0.2) is 0 Å². The molecule has 0 saturated heterocycles. The van der Waals surface area contributed by atoms with Gasteiger partial charge in [0.1, 0.15) is 6.61 Å². The van der Waals surface area contributed by atoms with Gasteiger partial charge in [-0.1, -0.05) is 0 Å². The van der Waals surface area contributed by atoms with Crippen LogP contribution in [-0.4, -0.2) is 11.5 Å². The molecule has 1 heterocycles. The zero-order valence-corrected chi connectivity index (χ0v) is 6.39. The fraction of sp³-hybridized carbons (Fsp3) is 0.286. The summed E-state index contributed by atoms with van der Waals surface area (Å²) in [7, 11) is 0. The first kappa shape index (κ1) is 9.63. The third kappa shape index (κ3) is 2.24. The van der Waals surface area contributed by atoms with Gasteiger partial charge in [-0.3, -0.25) is 4.79 Å². The van der Waals surface area contributed by atoms with Gasteiger partial charge >= 0.3 is 6.18 Å². The molecule has 13 heavy (non-hydrogen) atoms. The van der Waals surface area contributed by atoms with Gasteiger partial charge in [0.2, 0.25) is 0 Å². The summed E-state index contributed by atoms with van der Waals surface area (Å²) in [5, 5.41) is 0. The molecule has 0 unspecified atom stereocenters. The molecule has 0 spiro atoms. The highest BCUT2D eigenvalue weighted by Gasteiger charge is 2.34. The topological polar surface area (TPSA) is 42.1 Å². The molecule has 72 valence electrons. The maximum atomic E-state index is 12.1. The Morgan fingerprint density at radius 1 is 1.54 bits per heavy atom. The highest BCUT2D eigenvalue weighted by molar-refractivity contribution is 5.37. The lowest BCUT2D eigenvalue weighted by Gasteiger charge is -2.06. The maximum absolute atomic E-state index is 12.1. The molecular weight excluding hydrogens is 187 g/mol. The van der Waals surface area contributed by atoms with Gasteiger partial charge in [-0.2, -0.15) is 13.2 Å². The summed E-state index contributed by atoms with van der Waals surface area (Å²) in [6, 6.07) is 0.892. The van der Waals surface area contributed by atoms with Crippen LogP contribution in [0, 0.1) is 0 Å². The third-order valence-electron chi connectivity index (χ3n) is 1.43. The van der Waals surface area contributed by atoms with E-state index in [-0.39, 0.29) is 12.2 Å². The van der Waals surface area contributed by atoms with Crippen molar-refractivity contribution < 1.29 is 22.7 Å². The number of carbonyl (C=O) groups excluding carboxylic acids is 1. The largest absolute Gasteiger partial charge is 0.461 e. The number of nitrogens with one attached hydrogen (secondary N) is 1. The number of hydrogen-bond acceptors (Lipinski definition) is 2. The number of rotatable bonds is 3. The van der Waals surface area contributed by atoms with E-state index < -0.39 is 18.3 Å². The molecule has 0 bridgehead atoms. The Balaban J connectivity index is 2.83. The number of hydrogen-bond donors (Lipinski definition) is 1. The molecular formula is C7H6F3NO2. The van der Waals surface area contributed by atoms with Crippen molar-refractivity contribution in [1.82, 2.24) is 4.98 Å². The zero-order chi connectivity index (χ0) is 9.90. The smallest absolute Gasteiger partial charge is 0.418 e. The van der Waals surface area contributed by atoms with Crippen molar-refractivity contribution in [2.45, 2.75) is 12.8 Å². The third-order valence-corrected chi connectivity index (χ3v) is 1.43. The Morgan fingerprint density at radius 3 is 2.77 bits per heavy atom. The van der Waals surface area contributed by atoms with E-state index in [1.54, 1.807) is 0 Å². The average Bonchev–Trinajstić information content (AvgIpc) is 2.47. The monoisotopic (exact) mass is 193 g/mol. The van der Waals surface area contributed by atoms with Crippen LogP contribution < -0.4 is 0 Å². The first-order chi connectivity index (χ1) is 6.05. The van der Waals surface area contributed by atoms with Crippen molar-refractivity contribution in [3.8, 4) is 0 Å². The van der Waals surface area contributed by atoms with E-state index in [2.05, 4.69) is 9.72 Å². The molecule has 1 N–H and O–H groups in total. The van der Waals surface area contributed by atoms with E-state index in [1.165, 1.54) is 0 Å². The number of carbonyl (C=O) groups is 1. The summed E-state index contributed by atoms with van der Waals surface area (Å²) >= 11 is 0. The quantitative estimate of drug-likeness (QED) is 0.742. The average molecular weight is 193 g/mol. The van der Waals surface area contributed by atoms with Gasteiger partial charge in [0, 0.05) is 6.20 Å². The summed E-state index contributed by atoms with van der Waals surface area (Å²) in [4.78, 5) is 12.1. The number of H-pyrrole nitrogens is 1. The summed E-state index contributed by atoms with van der Waals surface area (Å²) in [5.41, 5.74) is -0.964. The number of alkyl halides is 3.